The largest absolute Gasteiger partial charge is 0.289 e. The third-order valence-corrected chi connectivity index (χ3v) is 3.59. The SMILES string of the molecule is O=C(C1=CCCCC1)c1ccc2ccccc2c1. The summed E-state index contributed by atoms with van der Waals surface area (Å²) >= 11 is 0. The summed E-state index contributed by atoms with van der Waals surface area (Å²) in [4.78, 5) is 12.4. The van der Waals surface area contributed by atoms with Gasteiger partial charge in [-0.25, -0.2) is 0 Å². The van der Waals surface area contributed by atoms with Crippen molar-refractivity contribution in [2.45, 2.75) is 25.7 Å². The highest BCUT2D eigenvalue weighted by atomic mass is 16.1. The maximum atomic E-state index is 12.4. The van der Waals surface area contributed by atoms with Gasteiger partial charge < -0.3 is 0 Å². The maximum Gasteiger partial charge on any atom is 0.188 e. The van der Waals surface area contributed by atoms with E-state index in [4.69, 9.17) is 0 Å². The molecule has 90 valence electrons. The third kappa shape index (κ3) is 2.08. The van der Waals surface area contributed by atoms with Gasteiger partial charge in [0.25, 0.3) is 0 Å². The van der Waals surface area contributed by atoms with Crippen LogP contribution in [0, 0.1) is 0 Å². The van der Waals surface area contributed by atoms with Gasteiger partial charge in [0, 0.05) is 5.56 Å². The highest BCUT2D eigenvalue weighted by molar-refractivity contribution is 6.10. The van der Waals surface area contributed by atoms with Gasteiger partial charge in [0.05, 0.1) is 0 Å². The minimum Gasteiger partial charge on any atom is -0.289 e. The second kappa shape index (κ2) is 4.77. The third-order valence-electron chi connectivity index (χ3n) is 3.59. The van der Waals surface area contributed by atoms with Crippen LogP contribution in [0.25, 0.3) is 10.8 Å². The number of allylic oxidation sites excluding steroid dienone is 2. The van der Waals surface area contributed by atoms with Crippen molar-refractivity contribution in [3.8, 4) is 0 Å². The molecule has 0 fully saturated rings. The van der Waals surface area contributed by atoms with Crippen LogP contribution in [0.2, 0.25) is 0 Å². The lowest BCUT2D eigenvalue weighted by atomic mass is 9.92. The molecule has 0 saturated heterocycles. The van der Waals surface area contributed by atoms with Gasteiger partial charge in [-0.3, -0.25) is 4.79 Å². The van der Waals surface area contributed by atoms with E-state index in [2.05, 4.69) is 18.2 Å². The molecule has 0 aliphatic heterocycles. The molecule has 0 heterocycles. The number of rotatable bonds is 2. The van der Waals surface area contributed by atoms with Crippen LogP contribution in [-0.2, 0) is 0 Å². The summed E-state index contributed by atoms with van der Waals surface area (Å²) in [5.41, 5.74) is 1.82. The Morgan fingerprint density at radius 3 is 2.56 bits per heavy atom. The highest BCUT2D eigenvalue weighted by Gasteiger charge is 2.14. The molecule has 1 aliphatic rings. The highest BCUT2D eigenvalue weighted by Crippen LogP contribution is 2.23. The average Bonchev–Trinajstić information content (AvgIpc) is 2.47. The molecule has 2 aromatic rings. The van der Waals surface area contributed by atoms with E-state index in [1.807, 2.05) is 30.3 Å². The predicted molar refractivity (Wildman–Crippen MR) is 74.8 cm³/mol. The van der Waals surface area contributed by atoms with E-state index in [1.165, 1.54) is 11.8 Å². The van der Waals surface area contributed by atoms with E-state index in [0.29, 0.717) is 0 Å². The molecule has 0 bridgehead atoms. The quantitative estimate of drug-likeness (QED) is 0.700. The fraction of sp³-hybridized carbons (Fsp3) is 0.235. The van der Waals surface area contributed by atoms with Gasteiger partial charge in [-0.05, 0) is 48.1 Å². The molecule has 18 heavy (non-hydrogen) atoms. The Bertz CT molecular complexity index is 622. The first kappa shape index (κ1) is 11.2. The summed E-state index contributed by atoms with van der Waals surface area (Å²) < 4.78 is 0. The van der Waals surface area contributed by atoms with Crippen molar-refractivity contribution in [1.29, 1.82) is 0 Å². The van der Waals surface area contributed by atoms with Crippen LogP contribution in [0.1, 0.15) is 36.0 Å². The normalized spacial score (nSPS) is 15.4. The van der Waals surface area contributed by atoms with Crippen LogP contribution >= 0.6 is 0 Å². The fourth-order valence-electron chi connectivity index (χ4n) is 2.56. The Morgan fingerprint density at radius 2 is 1.78 bits per heavy atom. The minimum atomic E-state index is 0.209. The second-order valence-corrected chi connectivity index (χ2v) is 4.87. The van der Waals surface area contributed by atoms with Crippen molar-refractivity contribution in [3.63, 3.8) is 0 Å². The molecule has 0 spiro atoms. The fourth-order valence-corrected chi connectivity index (χ4v) is 2.56. The maximum absolute atomic E-state index is 12.4. The Balaban J connectivity index is 1.98. The number of benzene rings is 2. The zero-order chi connectivity index (χ0) is 12.4. The number of carbonyl (C=O) groups excluding carboxylic acids is 1. The monoisotopic (exact) mass is 236 g/mol. The van der Waals surface area contributed by atoms with Gasteiger partial charge in [-0.2, -0.15) is 0 Å². The van der Waals surface area contributed by atoms with Crippen molar-refractivity contribution in [3.05, 3.63) is 59.7 Å². The molecule has 1 nitrogen and oxygen atoms in total. The molecule has 0 N–H and O–H groups in total. The number of Topliss-reactive ketones (excluding diaryl/α,β-unsaturated/α-hetero) is 1. The van der Waals surface area contributed by atoms with Gasteiger partial charge in [0.1, 0.15) is 0 Å². The first-order chi connectivity index (χ1) is 8.84. The molecular weight excluding hydrogens is 220 g/mol. The van der Waals surface area contributed by atoms with Crippen LogP contribution in [0.5, 0.6) is 0 Å². The lowest BCUT2D eigenvalue weighted by Gasteiger charge is -2.11. The number of fused-ring (bicyclic) bond motifs is 1. The van der Waals surface area contributed by atoms with E-state index >= 15 is 0 Å². The lowest BCUT2D eigenvalue weighted by molar-refractivity contribution is 0.102. The zero-order valence-corrected chi connectivity index (χ0v) is 10.4. The summed E-state index contributed by atoms with van der Waals surface area (Å²) in [6.07, 6.45) is 6.46. The van der Waals surface area contributed by atoms with Gasteiger partial charge in [-0.15, -0.1) is 0 Å². The van der Waals surface area contributed by atoms with Crippen molar-refractivity contribution in [1.82, 2.24) is 0 Å². The molecule has 1 aliphatic carbocycles. The molecule has 0 radical (unpaired) electrons. The standard InChI is InChI=1S/C17H16O/c18-17(14-7-2-1-3-8-14)16-11-10-13-6-4-5-9-15(13)12-16/h4-7,9-12H,1-3,8H2. The van der Waals surface area contributed by atoms with Crippen molar-refractivity contribution < 1.29 is 4.79 Å². The number of ketones is 1. The Hall–Kier alpha value is -1.89. The van der Waals surface area contributed by atoms with E-state index in [9.17, 15) is 4.79 Å². The number of hydrogen-bond acceptors (Lipinski definition) is 1. The minimum absolute atomic E-state index is 0.209. The van der Waals surface area contributed by atoms with Gasteiger partial charge in [0.2, 0.25) is 0 Å². The van der Waals surface area contributed by atoms with Crippen LogP contribution in [0.3, 0.4) is 0 Å². The number of carbonyl (C=O) groups is 1. The van der Waals surface area contributed by atoms with E-state index in [1.54, 1.807) is 0 Å². The molecule has 0 unspecified atom stereocenters. The predicted octanol–water partition coefficient (Wildman–Crippen LogP) is 4.52. The van der Waals surface area contributed by atoms with E-state index in [-0.39, 0.29) is 5.78 Å². The summed E-state index contributed by atoms with van der Waals surface area (Å²) in [5, 5.41) is 2.33. The van der Waals surface area contributed by atoms with Gasteiger partial charge in [-0.1, -0.05) is 42.5 Å². The molecular formula is C17H16O. The average molecular weight is 236 g/mol. The number of hydrogen-bond donors (Lipinski definition) is 0. The molecule has 2 aromatic carbocycles. The summed E-state index contributed by atoms with van der Waals surface area (Å²) in [7, 11) is 0. The Kier molecular flexibility index (Phi) is 2.97. The summed E-state index contributed by atoms with van der Waals surface area (Å²) in [6, 6.07) is 14.1. The molecule has 1 heteroatoms. The first-order valence-electron chi connectivity index (χ1n) is 6.57. The van der Waals surface area contributed by atoms with E-state index < -0.39 is 0 Å². The van der Waals surface area contributed by atoms with Gasteiger partial charge in [0.15, 0.2) is 5.78 Å². The molecule has 0 aromatic heterocycles. The van der Waals surface area contributed by atoms with Crippen molar-refractivity contribution in [2.24, 2.45) is 0 Å². The molecule has 3 rings (SSSR count). The molecule has 0 atom stereocenters. The Labute approximate surface area is 107 Å². The van der Waals surface area contributed by atoms with Gasteiger partial charge >= 0.3 is 0 Å². The van der Waals surface area contributed by atoms with Crippen LogP contribution in [0.15, 0.2) is 54.1 Å². The van der Waals surface area contributed by atoms with E-state index in [0.717, 1.165) is 35.8 Å². The zero-order valence-electron chi connectivity index (χ0n) is 10.4. The summed E-state index contributed by atoms with van der Waals surface area (Å²) in [6.45, 7) is 0. The summed E-state index contributed by atoms with van der Waals surface area (Å²) in [5.74, 6) is 0.209. The van der Waals surface area contributed by atoms with Crippen molar-refractivity contribution >= 4 is 16.6 Å². The molecule has 0 saturated carbocycles. The Morgan fingerprint density at radius 1 is 0.944 bits per heavy atom. The van der Waals surface area contributed by atoms with Crippen LogP contribution in [-0.4, -0.2) is 5.78 Å². The lowest BCUT2D eigenvalue weighted by Crippen LogP contribution is -2.06. The smallest absolute Gasteiger partial charge is 0.188 e. The van der Waals surface area contributed by atoms with Crippen LogP contribution in [0.4, 0.5) is 0 Å². The topological polar surface area (TPSA) is 17.1 Å². The second-order valence-electron chi connectivity index (χ2n) is 4.87. The van der Waals surface area contributed by atoms with Crippen molar-refractivity contribution in [2.75, 3.05) is 0 Å². The molecule has 0 amide bonds. The first-order valence-corrected chi connectivity index (χ1v) is 6.57. The van der Waals surface area contributed by atoms with Crippen LogP contribution < -0.4 is 0 Å².